The summed E-state index contributed by atoms with van der Waals surface area (Å²) in [4.78, 5) is 0. The summed E-state index contributed by atoms with van der Waals surface area (Å²) in [6, 6.07) is 0. The number of ether oxygens (including phenoxy) is 2. The molecule has 122 valence electrons. The molecule has 0 fully saturated rings. The van der Waals surface area contributed by atoms with Gasteiger partial charge in [0.05, 0.1) is 0 Å². The summed E-state index contributed by atoms with van der Waals surface area (Å²) in [7, 11) is 0. The normalized spacial score (nSPS) is 16.6. The van der Waals surface area contributed by atoms with E-state index in [1.54, 1.807) is 4.74 Å². The second kappa shape index (κ2) is 5.46. The van der Waals surface area contributed by atoms with Crippen molar-refractivity contribution in [3.63, 3.8) is 0 Å². The minimum atomic E-state index is -6.73. The summed E-state index contributed by atoms with van der Waals surface area (Å²) in [5.41, 5.74) is 0. The lowest BCUT2D eigenvalue weighted by Gasteiger charge is -2.28. The third kappa shape index (κ3) is 4.57. The standard InChI is InChI=1S/C6H2F12O2/c7-1(8)3(10,11)19-2(9)4(12,13)20-6(17,18)5(14,15)16/h1-2H. The van der Waals surface area contributed by atoms with E-state index in [1.807, 2.05) is 0 Å². The van der Waals surface area contributed by atoms with Gasteiger partial charge in [-0.2, -0.15) is 39.5 Å². The predicted octanol–water partition coefficient (Wildman–Crippen LogP) is 3.92. The number of rotatable bonds is 6. The van der Waals surface area contributed by atoms with E-state index in [-0.39, 0.29) is 0 Å². The highest BCUT2D eigenvalue weighted by Crippen LogP contribution is 2.43. The molecule has 0 heterocycles. The van der Waals surface area contributed by atoms with Crippen molar-refractivity contribution in [3.05, 3.63) is 0 Å². The first kappa shape index (κ1) is 19.1. The zero-order valence-corrected chi connectivity index (χ0v) is 8.51. The SMILES string of the molecule is FC(F)C(F)(F)OC(F)C(F)(F)OC(F)(F)C(F)(F)F. The van der Waals surface area contributed by atoms with Gasteiger partial charge in [0.15, 0.2) is 0 Å². The smallest absolute Gasteiger partial charge is 0.273 e. The second-order valence-electron chi connectivity index (χ2n) is 2.97. The average Bonchev–Trinajstić information content (AvgIpc) is 2.12. The summed E-state index contributed by atoms with van der Waals surface area (Å²) in [5, 5.41) is 0. The van der Waals surface area contributed by atoms with Crippen molar-refractivity contribution in [2.75, 3.05) is 0 Å². The van der Waals surface area contributed by atoms with E-state index in [9.17, 15) is 52.7 Å². The maximum atomic E-state index is 12.4. The molecule has 0 saturated heterocycles. The van der Waals surface area contributed by atoms with Crippen LogP contribution in [0.1, 0.15) is 0 Å². The third-order valence-corrected chi connectivity index (χ3v) is 1.37. The van der Waals surface area contributed by atoms with Crippen LogP contribution < -0.4 is 0 Å². The Bertz CT molecular complexity index is 322. The van der Waals surface area contributed by atoms with Crippen molar-refractivity contribution >= 4 is 0 Å². The van der Waals surface area contributed by atoms with Crippen LogP contribution in [0.4, 0.5) is 52.7 Å². The molecule has 1 atom stereocenters. The maximum absolute atomic E-state index is 12.4. The molecule has 14 heteroatoms. The molecule has 0 aliphatic heterocycles. The molecule has 0 amide bonds. The van der Waals surface area contributed by atoms with Gasteiger partial charge in [0.1, 0.15) is 0 Å². The van der Waals surface area contributed by atoms with Gasteiger partial charge >= 0.3 is 30.9 Å². The van der Waals surface area contributed by atoms with Gasteiger partial charge in [-0.3, -0.25) is 4.74 Å². The fraction of sp³-hybridized carbons (Fsp3) is 1.00. The molecule has 1 unspecified atom stereocenters. The van der Waals surface area contributed by atoms with E-state index in [1.165, 1.54) is 0 Å². The Morgan fingerprint density at radius 2 is 1.05 bits per heavy atom. The summed E-state index contributed by atoms with van der Waals surface area (Å²) in [6.45, 7) is 0. The zero-order valence-electron chi connectivity index (χ0n) is 8.51. The molecule has 2 nitrogen and oxygen atoms in total. The Kier molecular flexibility index (Phi) is 5.21. The van der Waals surface area contributed by atoms with Gasteiger partial charge in [-0.25, -0.2) is 17.9 Å². The van der Waals surface area contributed by atoms with E-state index in [2.05, 4.69) is 4.74 Å². The molecule has 0 saturated carbocycles. The molecule has 0 spiro atoms. The van der Waals surface area contributed by atoms with E-state index in [0.717, 1.165) is 0 Å². The van der Waals surface area contributed by atoms with Crippen molar-refractivity contribution in [2.45, 2.75) is 37.3 Å². The lowest BCUT2D eigenvalue weighted by molar-refractivity contribution is -0.492. The highest BCUT2D eigenvalue weighted by Gasteiger charge is 2.66. The molecule has 0 aromatic rings. The van der Waals surface area contributed by atoms with Crippen LogP contribution >= 0.6 is 0 Å². The van der Waals surface area contributed by atoms with Crippen LogP contribution in [0.25, 0.3) is 0 Å². The molecule has 0 N–H and O–H groups in total. The largest absolute Gasteiger partial charge is 0.483 e. The van der Waals surface area contributed by atoms with Crippen molar-refractivity contribution in [1.82, 2.24) is 0 Å². The summed E-state index contributed by atoms with van der Waals surface area (Å²) in [5.74, 6) is 0. The molecule has 0 radical (unpaired) electrons. The van der Waals surface area contributed by atoms with E-state index >= 15 is 0 Å². The molecule has 0 aliphatic rings. The average molecular weight is 334 g/mol. The van der Waals surface area contributed by atoms with Crippen LogP contribution in [-0.4, -0.2) is 37.3 Å². The van der Waals surface area contributed by atoms with Crippen LogP contribution in [-0.2, 0) is 9.47 Å². The molecule has 0 aliphatic carbocycles. The Morgan fingerprint density at radius 3 is 1.35 bits per heavy atom. The highest BCUT2D eigenvalue weighted by atomic mass is 19.4. The molecule has 0 bridgehead atoms. The monoisotopic (exact) mass is 334 g/mol. The van der Waals surface area contributed by atoms with Crippen LogP contribution in [0.2, 0.25) is 0 Å². The maximum Gasteiger partial charge on any atom is 0.483 e. The van der Waals surface area contributed by atoms with Crippen LogP contribution in [0.5, 0.6) is 0 Å². The van der Waals surface area contributed by atoms with Gasteiger partial charge in [0.2, 0.25) is 0 Å². The second-order valence-corrected chi connectivity index (χ2v) is 2.97. The number of hydrogen-bond acceptors (Lipinski definition) is 2. The highest BCUT2D eigenvalue weighted by molar-refractivity contribution is 4.71. The van der Waals surface area contributed by atoms with Crippen molar-refractivity contribution in [2.24, 2.45) is 0 Å². The molecule has 0 aromatic carbocycles. The van der Waals surface area contributed by atoms with E-state index in [0.29, 0.717) is 0 Å². The zero-order chi connectivity index (χ0) is 16.6. The first-order valence-corrected chi connectivity index (χ1v) is 4.03. The minimum absolute atomic E-state index is 1.71. The van der Waals surface area contributed by atoms with Gasteiger partial charge in [-0.1, -0.05) is 0 Å². The molecular weight excluding hydrogens is 332 g/mol. The Labute approximate surface area is 101 Å². The minimum Gasteiger partial charge on any atom is -0.273 e. The molecular formula is C6H2F12O2. The fourth-order valence-corrected chi connectivity index (χ4v) is 0.533. The quantitative estimate of drug-likeness (QED) is 0.686. The first-order valence-electron chi connectivity index (χ1n) is 4.03. The van der Waals surface area contributed by atoms with E-state index in [4.69, 9.17) is 0 Å². The van der Waals surface area contributed by atoms with Crippen LogP contribution in [0.3, 0.4) is 0 Å². The Hall–Kier alpha value is -0.920. The predicted molar refractivity (Wildman–Crippen MR) is 34.0 cm³/mol. The van der Waals surface area contributed by atoms with Gasteiger partial charge < -0.3 is 0 Å². The Balaban J connectivity index is 4.98. The lowest BCUT2D eigenvalue weighted by Crippen LogP contribution is -2.50. The van der Waals surface area contributed by atoms with Gasteiger partial charge in [-0.05, 0) is 0 Å². The van der Waals surface area contributed by atoms with Gasteiger partial charge in [0, 0.05) is 0 Å². The lowest BCUT2D eigenvalue weighted by atomic mass is 10.5. The van der Waals surface area contributed by atoms with E-state index < -0.39 is 37.3 Å². The van der Waals surface area contributed by atoms with Crippen molar-refractivity contribution in [1.29, 1.82) is 0 Å². The molecule has 0 rings (SSSR count). The van der Waals surface area contributed by atoms with Crippen molar-refractivity contribution in [3.8, 4) is 0 Å². The van der Waals surface area contributed by atoms with Gasteiger partial charge in [0.25, 0.3) is 6.36 Å². The topological polar surface area (TPSA) is 18.5 Å². The third-order valence-electron chi connectivity index (χ3n) is 1.37. The number of hydrogen-bond donors (Lipinski definition) is 0. The molecule has 20 heavy (non-hydrogen) atoms. The number of alkyl halides is 12. The van der Waals surface area contributed by atoms with Gasteiger partial charge in [-0.15, -0.1) is 0 Å². The van der Waals surface area contributed by atoms with Crippen LogP contribution in [0.15, 0.2) is 0 Å². The summed E-state index contributed by atoms with van der Waals surface area (Å²) >= 11 is 0. The number of halogens is 12. The fourth-order valence-electron chi connectivity index (χ4n) is 0.533. The van der Waals surface area contributed by atoms with Crippen molar-refractivity contribution < 1.29 is 62.2 Å². The molecule has 0 aromatic heterocycles. The Morgan fingerprint density at radius 1 is 0.650 bits per heavy atom. The van der Waals surface area contributed by atoms with Crippen LogP contribution in [0, 0.1) is 0 Å². The summed E-state index contributed by atoms with van der Waals surface area (Å²) < 4.78 is 146. The summed E-state index contributed by atoms with van der Waals surface area (Å²) in [6.07, 6.45) is -35.4. The first-order chi connectivity index (χ1) is 8.53.